The van der Waals surface area contributed by atoms with Crippen LogP contribution < -0.4 is 19.1 Å². The van der Waals surface area contributed by atoms with Gasteiger partial charge in [-0.25, -0.2) is 13.1 Å². The van der Waals surface area contributed by atoms with Crippen molar-refractivity contribution in [1.82, 2.24) is 4.72 Å². The topological polar surface area (TPSA) is 69.1 Å². The van der Waals surface area contributed by atoms with Crippen molar-refractivity contribution in [3.05, 3.63) is 18.2 Å². The van der Waals surface area contributed by atoms with E-state index in [4.69, 9.17) is 9.47 Å². The lowest BCUT2D eigenvalue weighted by Gasteiger charge is -2.11. The number of sulfonamides is 1. The summed E-state index contributed by atoms with van der Waals surface area (Å²) in [5.41, 5.74) is 0. The Bertz CT molecular complexity index is 557. The summed E-state index contributed by atoms with van der Waals surface area (Å²) in [6.45, 7) is 2.25. The summed E-state index contributed by atoms with van der Waals surface area (Å²) in [4.78, 5) is 1.39. The summed E-state index contributed by atoms with van der Waals surface area (Å²) >= 11 is 0. The Morgan fingerprint density at radius 3 is 2.60 bits per heavy atom. The Labute approximate surface area is 119 Å². The molecular formula is C13H21N2O4S+. The van der Waals surface area contributed by atoms with Gasteiger partial charge >= 0.3 is 0 Å². The number of hydrogen-bond donors (Lipinski definition) is 2. The molecule has 0 saturated carbocycles. The fraction of sp³-hybridized carbons (Fsp3) is 0.538. The summed E-state index contributed by atoms with van der Waals surface area (Å²) in [6.07, 6.45) is 0.792. The molecule has 0 amide bonds. The Balaban J connectivity index is 2.13. The van der Waals surface area contributed by atoms with Crippen molar-refractivity contribution in [2.75, 3.05) is 40.4 Å². The lowest BCUT2D eigenvalue weighted by Crippen LogP contribution is -3.06. The van der Waals surface area contributed by atoms with E-state index in [-0.39, 0.29) is 4.90 Å². The average Bonchev–Trinajstić information content (AvgIpc) is 2.62. The van der Waals surface area contributed by atoms with Crippen molar-refractivity contribution in [3.63, 3.8) is 0 Å². The Morgan fingerprint density at radius 2 is 1.90 bits per heavy atom. The van der Waals surface area contributed by atoms with Crippen molar-refractivity contribution < 1.29 is 22.8 Å². The smallest absolute Gasteiger partial charge is 0.240 e. The molecule has 0 bridgehead atoms. The highest BCUT2D eigenvalue weighted by Gasteiger charge is 2.18. The summed E-state index contributed by atoms with van der Waals surface area (Å²) in [7, 11) is 0.448. The van der Waals surface area contributed by atoms with E-state index in [9.17, 15) is 8.42 Å². The molecule has 0 atom stereocenters. The highest BCUT2D eigenvalue weighted by molar-refractivity contribution is 7.89. The van der Waals surface area contributed by atoms with Crippen LogP contribution in [0.4, 0.5) is 0 Å². The third-order valence-corrected chi connectivity index (χ3v) is 4.41. The summed E-state index contributed by atoms with van der Waals surface area (Å²) in [5, 5.41) is 0. The van der Waals surface area contributed by atoms with Gasteiger partial charge < -0.3 is 14.4 Å². The number of likely N-dealkylation sites (N-methyl/N-ethyl adjacent to an activating group) is 1. The van der Waals surface area contributed by atoms with E-state index in [0.29, 0.717) is 31.3 Å². The van der Waals surface area contributed by atoms with Crippen LogP contribution in [0.2, 0.25) is 0 Å². The number of hydrogen-bond acceptors (Lipinski definition) is 4. The second-order valence-electron chi connectivity index (χ2n) is 5.01. The maximum absolute atomic E-state index is 12.2. The molecule has 0 fully saturated rings. The first-order valence-electron chi connectivity index (χ1n) is 6.67. The Morgan fingerprint density at radius 1 is 1.20 bits per heavy atom. The van der Waals surface area contributed by atoms with E-state index in [1.165, 1.54) is 11.0 Å². The fourth-order valence-corrected chi connectivity index (χ4v) is 2.88. The van der Waals surface area contributed by atoms with E-state index in [2.05, 4.69) is 4.72 Å². The Hall–Kier alpha value is -1.31. The molecule has 0 saturated heterocycles. The van der Waals surface area contributed by atoms with Crippen molar-refractivity contribution in [1.29, 1.82) is 0 Å². The monoisotopic (exact) mass is 301 g/mol. The molecule has 0 spiro atoms. The Kier molecular flexibility index (Phi) is 4.85. The number of fused-ring (bicyclic) bond motifs is 1. The largest absolute Gasteiger partial charge is 0.490 e. The van der Waals surface area contributed by atoms with E-state index < -0.39 is 10.0 Å². The van der Waals surface area contributed by atoms with Crippen molar-refractivity contribution in [2.24, 2.45) is 0 Å². The van der Waals surface area contributed by atoms with Crippen LogP contribution >= 0.6 is 0 Å². The van der Waals surface area contributed by atoms with Gasteiger partial charge in [0, 0.05) is 12.5 Å². The van der Waals surface area contributed by atoms with Crippen LogP contribution in [0.15, 0.2) is 23.1 Å². The molecule has 1 aromatic rings. The van der Waals surface area contributed by atoms with Gasteiger partial charge in [0.25, 0.3) is 0 Å². The standard InChI is InChI=1S/C13H20N2O4S/c1-15(2)7-6-14-20(16,17)11-4-5-12-13(10-11)19-9-3-8-18-12/h4-5,10,14H,3,6-9H2,1-2H3/p+1. The fourth-order valence-electron chi connectivity index (χ4n) is 1.83. The molecule has 0 unspecified atom stereocenters. The maximum atomic E-state index is 12.2. The minimum atomic E-state index is -3.50. The highest BCUT2D eigenvalue weighted by Crippen LogP contribution is 2.31. The third kappa shape index (κ3) is 3.84. The van der Waals surface area contributed by atoms with E-state index in [1.54, 1.807) is 12.1 Å². The van der Waals surface area contributed by atoms with Crippen LogP contribution in [-0.2, 0) is 10.0 Å². The second kappa shape index (κ2) is 6.43. The van der Waals surface area contributed by atoms with Crippen LogP contribution in [0.25, 0.3) is 0 Å². The molecule has 7 heteroatoms. The van der Waals surface area contributed by atoms with Gasteiger partial charge in [-0.1, -0.05) is 0 Å². The van der Waals surface area contributed by atoms with E-state index >= 15 is 0 Å². The lowest BCUT2D eigenvalue weighted by molar-refractivity contribution is -0.856. The van der Waals surface area contributed by atoms with Crippen molar-refractivity contribution >= 4 is 10.0 Å². The molecule has 0 aromatic heterocycles. The molecule has 1 aliphatic rings. The molecule has 20 heavy (non-hydrogen) atoms. The van der Waals surface area contributed by atoms with Gasteiger partial charge in [0.05, 0.1) is 45.3 Å². The molecule has 2 rings (SSSR count). The normalized spacial score (nSPS) is 15.2. The quantitative estimate of drug-likeness (QED) is 0.752. The first-order valence-corrected chi connectivity index (χ1v) is 8.16. The van der Waals surface area contributed by atoms with Crippen LogP contribution in [0, 0.1) is 0 Å². The van der Waals surface area contributed by atoms with Crippen LogP contribution in [0.5, 0.6) is 11.5 Å². The summed E-state index contributed by atoms with van der Waals surface area (Å²) in [6, 6.07) is 4.70. The molecule has 1 aromatic carbocycles. The molecule has 6 nitrogen and oxygen atoms in total. The molecular weight excluding hydrogens is 280 g/mol. The van der Waals surface area contributed by atoms with Crippen LogP contribution in [-0.4, -0.2) is 48.8 Å². The second-order valence-corrected chi connectivity index (χ2v) is 6.78. The van der Waals surface area contributed by atoms with Gasteiger partial charge in [0.1, 0.15) is 0 Å². The van der Waals surface area contributed by atoms with Crippen LogP contribution in [0.1, 0.15) is 6.42 Å². The predicted octanol–water partition coefficient (Wildman–Crippen LogP) is -0.729. The lowest BCUT2D eigenvalue weighted by atomic mass is 10.3. The van der Waals surface area contributed by atoms with Crippen molar-refractivity contribution in [3.8, 4) is 11.5 Å². The van der Waals surface area contributed by atoms with Gasteiger partial charge in [-0.3, -0.25) is 0 Å². The number of ether oxygens (including phenoxy) is 2. The van der Waals surface area contributed by atoms with Gasteiger partial charge in [0.2, 0.25) is 10.0 Å². The van der Waals surface area contributed by atoms with Gasteiger partial charge in [-0.15, -0.1) is 0 Å². The van der Waals surface area contributed by atoms with E-state index in [1.807, 2.05) is 14.1 Å². The first-order chi connectivity index (χ1) is 9.49. The average molecular weight is 301 g/mol. The number of nitrogens with one attached hydrogen (secondary N) is 2. The SMILES string of the molecule is C[NH+](C)CCNS(=O)(=O)c1ccc2c(c1)OCCCO2. The predicted molar refractivity (Wildman–Crippen MR) is 74.9 cm³/mol. The number of quaternary nitrogens is 1. The zero-order valence-corrected chi connectivity index (χ0v) is 12.6. The van der Waals surface area contributed by atoms with E-state index in [0.717, 1.165) is 13.0 Å². The summed E-state index contributed by atoms with van der Waals surface area (Å²) < 4.78 is 37.9. The number of rotatable bonds is 5. The first kappa shape index (κ1) is 15.1. The van der Waals surface area contributed by atoms with Crippen LogP contribution in [0.3, 0.4) is 0 Å². The highest BCUT2D eigenvalue weighted by atomic mass is 32.2. The van der Waals surface area contributed by atoms with Crippen molar-refractivity contribution in [2.45, 2.75) is 11.3 Å². The minimum Gasteiger partial charge on any atom is -0.490 e. The molecule has 0 radical (unpaired) electrons. The molecule has 1 aliphatic heterocycles. The maximum Gasteiger partial charge on any atom is 0.240 e. The zero-order valence-electron chi connectivity index (χ0n) is 11.8. The minimum absolute atomic E-state index is 0.204. The molecule has 0 aliphatic carbocycles. The zero-order chi connectivity index (χ0) is 14.6. The van der Waals surface area contributed by atoms with Gasteiger partial charge in [-0.2, -0.15) is 0 Å². The third-order valence-electron chi connectivity index (χ3n) is 2.95. The summed E-state index contributed by atoms with van der Waals surface area (Å²) in [5.74, 6) is 1.09. The molecule has 1 heterocycles. The number of benzene rings is 1. The molecule has 2 N–H and O–H groups in total. The van der Waals surface area contributed by atoms with Gasteiger partial charge in [-0.05, 0) is 12.1 Å². The van der Waals surface area contributed by atoms with Gasteiger partial charge in [0.15, 0.2) is 11.5 Å². The molecule has 112 valence electrons.